The molecule has 1 atom stereocenters. The molecule has 3 rings (SSSR count). The van der Waals surface area contributed by atoms with Crippen LogP contribution >= 0.6 is 27.3 Å². The fourth-order valence-electron chi connectivity index (χ4n) is 2.83. The van der Waals surface area contributed by atoms with Gasteiger partial charge in [-0.05, 0) is 56.2 Å². The Kier molecular flexibility index (Phi) is 5.62. The van der Waals surface area contributed by atoms with Crippen LogP contribution < -0.4 is 5.32 Å². The molecule has 1 fully saturated rings. The molecule has 0 saturated carbocycles. The van der Waals surface area contributed by atoms with Gasteiger partial charge in [0, 0.05) is 28.1 Å². The monoisotopic (exact) mass is 442 g/mol. The number of sulfonamides is 1. The minimum atomic E-state index is -3.52. The summed E-state index contributed by atoms with van der Waals surface area (Å²) in [4.78, 5) is 13.5. The predicted molar refractivity (Wildman–Crippen MR) is 103 cm³/mol. The number of carbonyl (C=O) groups excluding carboxylic acids is 1. The number of thiophene rings is 1. The van der Waals surface area contributed by atoms with Crippen LogP contribution in [0.15, 0.2) is 45.1 Å². The first-order valence-corrected chi connectivity index (χ1v) is 11.0. The molecule has 1 amide bonds. The van der Waals surface area contributed by atoms with Crippen LogP contribution in [-0.4, -0.2) is 31.7 Å². The lowest BCUT2D eigenvalue weighted by molar-refractivity contribution is -0.120. The summed E-state index contributed by atoms with van der Waals surface area (Å²) >= 11 is 4.62. The average Bonchev–Trinajstić information content (AvgIpc) is 3.04. The molecular weight excluding hydrogens is 424 g/mol. The van der Waals surface area contributed by atoms with Crippen molar-refractivity contribution < 1.29 is 13.2 Å². The Balaban J connectivity index is 1.70. The van der Waals surface area contributed by atoms with Gasteiger partial charge in [-0.15, -0.1) is 11.3 Å². The number of nitrogens with zero attached hydrogens (tertiary/aromatic N) is 1. The zero-order valence-electron chi connectivity index (χ0n) is 13.7. The van der Waals surface area contributed by atoms with Crippen molar-refractivity contribution in [3.8, 4) is 0 Å². The highest BCUT2D eigenvalue weighted by molar-refractivity contribution is 9.10. The van der Waals surface area contributed by atoms with Gasteiger partial charge in [0.15, 0.2) is 0 Å². The Hall–Kier alpha value is -1.22. The van der Waals surface area contributed by atoms with Crippen molar-refractivity contribution in [3.63, 3.8) is 0 Å². The van der Waals surface area contributed by atoms with Crippen molar-refractivity contribution in [2.75, 3.05) is 18.4 Å². The smallest absolute Gasteiger partial charge is 0.252 e. The van der Waals surface area contributed by atoms with E-state index < -0.39 is 10.0 Å². The number of hydrogen-bond donors (Lipinski definition) is 1. The van der Waals surface area contributed by atoms with Gasteiger partial charge in [0.25, 0.3) is 10.0 Å². The summed E-state index contributed by atoms with van der Waals surface area (Å²) in [7, 11) is -3.52. The molecule has 1 aliphatic rings. The molecular formula is C17H19BrN2O3S2. The molecule has 0 unspecified atom stereocenters. The van der Waals surface area contributed by atoms with Crippen LogP contribution in [0.2, 0.25) is 0 Å². The van der Waals surface area contributed by atoms with Crippen LogP contribution in [0.5, 0.6) is 0 Å². The van der Waals surface area contributed by atoms with Crippen LogP contribution in [-0.2, 0) is 14.8 Å². The maximum absolute atomic E-state index is 12.8. The lowest BCUT2D eigenvalue weighted by Gasteiger charge is -2.30. The van der Waals surface area contributed by atoms with Crippen molar-refractivity contribution in [3.05, 3.63) is 45.7 Å². The summed E-state index contributed by atoms with van der Waals surface area (Å²) in [5.41, 5.74) is 0.710. The summed E-state index contributed by atoms with van der Waals surface area (Å²) in [6, 6.07) is 10.8. The SMILES string of the molecule is Cc1ccc(S(=O)(=O)N2CCC[C@@H](C(=O)Nc3ccc(Br)cc3)C2)s1. The summed E-state index contributed by atoms with van der Waals surface area (Å²) in [6.07, 6.45) is 1.37. The number of aryl methyl sites for hydroxylation is 1. The fourth-order valence-corrected chi connectivity index (χ4v) is 6.06. The molecule has 1 N–H and O–H groups in total. The van der Waals surface area contributed by atoms with E-state index in [-0.39, 0.29) is 18.4 Å². The third-order valence-electron chi connectivity index (χ3n) is 4.18. The average molecular weight is 443 g/mol. The van der Waals surface area contributed by atoms with Gasteiger partial charge >= 0.3 is 0 Å². The Morgan fingerprint density at radius 1 is 1.24 bits per heavy atom. The van der Waals surface area contributed by atoms with Crippen LogP contribution in [0.25, 0.3) is 0 Å². The van der Waals surface area contributed by atoms with Gasteiger partial charge in [-0.25, -0.2) is 8.42 Å². The third-order valence-corrected chi connectivity index (χ3v) is 8.04. The Labute approximate surface area is 160 Å². The Morgan fingerprint density at radius 2 is 1.96 bits per heavy atom. The molecule has 2 heterocycles. The van der Waals surface area contributed by atoms with E-state index in [0.717, 1.165) is 9.35 Å². The van der Waals surface area contributed by atoms with Gasteiger partial charge in [-0.1, -0.05) is 15.9 Å². The largest absolute Gasteiger partial charge is 0.326 e. The molecule has 25 heavy (non-hydrogen) atoms. The van der Waals surface area contributed by atoms with E-state index >= 15 is 0 Å². The minimum Gasteiger partial charge on any atom is -0.326 e. The van der Waals surface area contributed by atoms with Crippen LogP contribution in [0.4, 0.5) is 5.69 Å². The highest BCUT2D eigenvalue weighted by Crippen LogP contribution is 2.28. The van der Waals surface area contributed by atoms with Gasteiger partial charge in [-0.3, -0.25) is 4.79 Å². The number of hydrogen-bond acceptors (Lipinski definition) is 4. The van der Waals surface area contributed by atoms with E-state index in [9.17, 15) is 13.2 Å². The molecule has 2 aromatic rings. The second kappa shape index (κ2) is 7.57. The second-order valence-corrected chi connectivity index (χ2v) is 10.4. The number of amides is 1. The molecule has 0 aliphatic carbocycles. The second-order valence-electron chi connectivity index (χ2n) is 6.06. The van der Waals surface area contributed by atoms with E-state index in [4.69, 9.17) is 0 Å². The lowest BCUT2D eigenvalue weighted by atomic mass is 9.99. The van der Waals surface area contributed by atoms with Crippen LogP contribution in [0.1, 0.15) is 17.7 Å². The predicted octanol–water partition coefficient (Wildman–Crippen LogP) is 3.86. The summed E-state index contributed by atoms with van der Waals surface area (Å²) < 4.78 is 28.2. The van der Waals surface area contributed by atoms with Crippen molar-refractivity contribution in [1.29, 1.82) is 0 Å². The first-order valence-electron chi connectivity index (χ1n) is 7.99. The Morgan fingerprint density at radius 3 is 2.60 bits per heavy atom. The summed E-state index contributed by atoms with van der Waals surface area (Å²) in [6.45, 7) is 2.57. The van der Waals surface area contributed by atoms with Crippen LogP contribution in [0.3, 0.4) is 0 Å². The summed E-state index contributed by atoms with van der Waals surface area (Å²) in [5, 5.41) is 2.88. The van der Waals surface area contributed by atoms with E-state index in [1.54, 1.807) is 12.1 Å². The van der Waals surface area contributed by atoms with Crippen molar-refractivity contribution in [2.45, 2.75) is 24.0 Å². The molecule has 5 nitrogen and oxygen atoms in total. The first-order chi connectivity index (χ1) is 11.9. The fraction of sp³-hybridized carbons (Fsp3) is 0.353. The molecule has 1 aromatic carbocycles. The van der Waals surface area contributed by atoms with Gasteiger partial charge in [0.1, 0.15) is 4.21 Å². The zero-order chi connectivity index (χ0) is 18.0. The first kappa shape index (κ1) is 18.6. The van der Waals surface area contributed by atoms with Crippen LogP contribution in [0, 0.1) is 12.8 Å². The van der Waals surface area contributed by atoms with Gasteiger partial charge < -0.3 is 5.32 Å². The number of benzene rings is 1. The molecule has 0 spiro atoms. The van der Waals surface area contributed by atoms with E-state index in [2.05, 4.69) is 21.2 Å². The van der Waals surface area contributed by atoms with Gasteiger partial charge in [0.2, 0.25) is 5.91 Å². The molecule has 1 aliphatic heterocycles. The maximum Gasteiger partial charge on any atom is 0.252 e. The number of piperidine rings is 1. The highest BCUT2D eigenvalue weighted by Gasteiger charge is 2.34. The molecule has 8 heteroatoms. The normalized spacial score (nSPS) is 18.9. The topological polar surface area (TPSA) is 66.5 Å². The molecule has 134 valence electrons. The maximum atomic E-state index is 12.8. The minimum absolute atomic E-state index is 0.135. The molecule has 1 saturated heterocycles. The quantitative estimate of drug-likeness (QED) is 0.781. The summed E-state index contributed by atoms with van der Waals surface area (Å²) in [5.74, 6) is -0.474. The number of halogens is 1. The lowest BCUT2D eigenvalue weighted by Crippen LogP contribution is -2.43. The number of anilines is 1. The van der Waals surface area contributed by atoms with Crippen molar-refractivity contribution in [2.24, 2.45) is 5.92 Å². The zero-order valence-corrected chi connectivity index (χ0v) is 17.0. The van der Waals surface area contributed by atoms with Crippen molar-refractivity contribution in [1.82, 2.24) is 4.31 Å². The molecule has 1 aromatic heterocycles. The number of rotatable bonds is 4. The number of nitrogens with one attached hydrogen (secondary N) is 1. The van der Waals surface area contributed by atoms with E-state index in [0.29, 0.717) is 29.3 Å². The van der Waals surface area contributed by atoms with E-state index in [1.165, 1.54) is 15.6 Å². The molecule has 0 radical (unpaired) electrons. The Bertz CT molecular complexity index is 862. The van der Waals surface area contributed by atoms with Gasteiger partial charge in [-0.2, -0.15) is 4.31 Å². The van der Waals surface area contributed by atoms with E-state index in [1.807, 2.05) is 31.2 Å². The standard InChI is InChI=1S/C17H19BrN2O3S2/c1-12-4-9-16(24-12)25(22,23)20-10-2-3-13(11-20)17(21)19-15-7-5-14(18)6-8-15/h4-9,13H,2-3,10-11H2,1H3,(H,19,21)/t13-/m1/s1. The van der Waals surface area contributed by atoms with Gasteiger partial charge in [0.05, 0.1) is 5.92 Å². The number of carbonyl (C=O) groups is 1. The van der Waals surface area contributed by atoms with Crippen molar-refractivity contribution >= 4 is 48.9 Å². The third kappa shape index (κ3) is 4.31. The highest BCUT2D eigenvalue weighted by atomic mass is 79.9. The molecule has 0 bridgehead atoms.